The van der Waals surface area contributed by atoms with Gasteiger partial charge in [0.2, 0.25) is 0 Å². The number of hydrogen-bond donors (Lipinski definition) is 0. The highest BCUT2D eigenvalue weighted by atomic mass is 79.9. The van der Waals surface area contributed by atoms with Gasteiger partial charge in [-0.15, -0.1) is 0 Å². The summed E-state index contributed by atoms with van der Waals surface area (Å²) in [4.78, 5) is 0. The van der Waals surface area contributed by atoms with Crippen molar-refractivity contribution < 1.29 is 61.9 Å². The smallest absolute Gasteiger partial charge is 0.102 e. The summed E-state index contributed by atoms with van der Waals surface area (Å²) in [5, 5.41) is 0. The summed E-state index contributed by atoms with van der Waals surface area (Å²) in [5.74, 6) is 0. The number of hydrogen-bond acceptors (Lipinski definition) is 4. The van der Waals surface area contributed by atoms with Crippen LogP contribution in [0.4, 0.5) is 0 Å². The summed E-state index contributed by atoms with van der Waals surface area (Å²) >= 11 is 0. The summed E-state index contributed by atoms with van der Waals surface area (Å²) in [5.41, 5.74) is 0. The maximum Gasteiger partial charge on any atom is 0.102 e. The number of nitrogens with zero attached hydrogens (tertiary/aromatic N) is 2. The Kier molecular flexibility index (Phi) is 42.8. The average Bonchev–Trinajstić information content (AvgIpc) is 2.99. The SMILES string of the molecule is CCCCCCCCCCCC[N+](C)(C)CCOCCOCCOCCOCC[N+](C)(C)CCCCCCCCCCCC.[Br-].[Br-]. The fraction of sp³-hybridized carbons (Fsp3) is 1.00. The second-order valence-electron chi connectivity index (χ2n) is 14.6. The Hall–Kier alpha value is 0.720. The third-order valence-electron chi connectivity index (χ3n) is 9.03. The molecule has 0 fully saturated rings. The molecule has 0 saturated carbocycles. The molecule has 282 valence electrons. The Morgan fingerprint density at radius 1 is 0.283 bits per heavy atom. The summed E-state index contributed by atoms with van der Waals surface area (Å²) in [6.45, 7) is 14.6. The van der Waals surface area contributed by atoms with Gasteiger partial charge in [0.1, 0.15) is 13.1 Å². The van der Waals surface area contributed by atoms with E-state index in [4.69, 9.17) is 18.9 Å². The van der Waals surface area contributed by atoms with Crippen molar-refractivity contribution in [2.24, 2.45) is 0 Å². The first-order chi connectivity index (χ1) is 21.3. The van der Waals surface area contributed by atoms with Crippen molar-refractivity contribution in [3.05, 3.63) is 0 Å². The lowest BCUT2D eigenvalue weighted by Crippen LogP contribution is -3.00. The molecule has 0 aromatic carbocycles. The van der Waals surface area contributed by atoms with Crippen LogP contribution in [0, 0.1) is 0 Å². The zero-order chi connectivity index (χ0) is 32.5. The molecular weight excluding hydrogens is 708 g/mol. The Morgan fingerprint density at radius 2 is 0.500 bits per heavy atom. The minimum atomic E-state index is 0. The predicted molar refractivity (Wildman–Crippen MR) is 191 cm³/mol. The van der Waals surface area contributed by atoms with Crippen LogP contribution in [0.3, 0.4) is 0 Å². The van der Waals surface area contributed by atoms with Gasteiger partial charge in [0.05, 0.1) is 94.1 Å². The van der Waals surface area contributed by atoms with Gasteiger partial charge in [-0.3, -0.25) is 0 Å². The molecular formula is C38H82Br2N2O4. The van der Waals surface area contributed by atoms with E-state index in [9.17, 15) is 0 Å². The van der Waals surface area contributed by atoms with Gasteiger partial charge < -0.3 is 61.9 Å². The number of ether oxygens (including phenoxy) is 4. The van der Waals surface area contributed by atoms with Gasteiger partial charge in [-0.2, -0.15) is 0 Å². The van der Waals surface area contributed by atoms with Gasteiger partial charge in [0.15, 0.2) is 0 Å². The summed E-state index contributed by atoms with van der Waals surface area (Å²) in [6, 6.07) is 0. The summed E-state index contributed by atoms with van der Waals surface area (Å²) in [7, 11) is 9.31. The van der Waals surface area contributed by atoms with Crippen molar-refractivity contribution in [1.29, 1.82) is 0 Å². The molecule has 0 aliphatic carbocycles. The van der Waals surface area contributed by atoms with E-state index in [2.05, 4.69) is 42.0 Å². The molecule has 0 spiro atoms. The number of quaternary nitrogens is 2. The van der Waals surface area contributed by atoms with E-state index in [1.165, 1.54) is 142 Å². The second kappa shape index (κ2) is 38.5. The van der Waals surface area contributed by atoms with Crippen molar-refractivity contribution in [2.45, 2.75) is 142 Å². The highest BCUT2D eigenvalue weighted by Gasteiger charge is 2.15. The van der Waals surface area contributed by atoms with Crippen molar-refractivity contribution in [3.63, 3.8) is 0 Å². The summed E-state index contributed by atoms with van der Waals surface area (Å²) < 4.78 is 25.1. The van der Waals surface area contributed by atoms with Gasteiger partial charge in [0.25, 0.3) is 0 Å². The molecule has 0 unspecified atom stereocenters. The zero-order valence-electron chi connectivity index (χ0n) is 31.9. The van der Waals surface area contributed by atoms with Crippen LogP contribution in [0.1, 0.15) is 142 Å². The predicted octanol–water partition coefficient (Wildman–Crippen LogP) is 3.06. The van der Waals surface area contributed by atoms with Crippen LogP contribution < -0.4 is 34.0 Å². The molecule has 0 atom stereocenters. The maximum atomic E-state index is 5.83. The van der Waals surface area contributed by atoms with Crippen LogP contribution in [-0.4, -0.2) is 116 Å². The van der Waals surface area contributed by atoms with Gasteiger partial charge in [-0.25, -0.2) is 0 Å². The normalized spacial score (nSPS) is 11.9. The van der Waals surface area contributed by atoms with Gasteiger partial charge in [-0.1, -0.05) is 117 Å². The topological polar surface area (TPSA) is 36.9 Å². The maximum absolute atomic E-state index is 5.83. The molecule has 0 N–H and O–H groups in total. The van der Waals surface area contributed by atoms with Crippen LogP contribution in [0.2, 0.25) is 0 Å². The fourth-order valence-electron chi connectivity index (χ4n) is 5.66. The van der Waals surface area contributed by atoms with Crippen LogP contribution in [0.15, 0.2) is 0 Å². The zero-order valence-corrected chi connectivity index (χ0v) is 35.1. The quantitative estimate of drug-likeness (QED) is 0.0718. The number of rotatable bonds is 37. The molecule has 0 amide bonds. The molecule has 0 bridgehead atoms. The number of likely N-dealkylation sites (N-methyl/N-ethyl adjacent to an activating group) is 2. The molecule has 0 rings (SSSR count). The van der Waals surface area contributed by atoms with E-state index in [0.717, 1.165) is 35.3 Å². The number of halogens is 2. The van der Waals surface area contributed by atoms with Gasteiger partial charge in [-0.05, 0) is 25.7 Å². The van der Waals surface area contributed by atoms with E-state index in [0.29, 0.717) is 39.6 Å². The number of unbranched alkanes of at least 4 members (excludes halogenated alkanes) is 18. The Labute approximate surface area is 310 Å². The van der Waals surface area contributed by atoms with Crippen molar-refractivity contribution in [3.8, 4) is 0 Å². The lowest BCUT2D eigenvalue weighted by atomic mass is 10.1. The lowest BCUT2D eigenvalue weighted by molar-refractivity contribution is -0.891. The first kappa shape index (κ1) is 51.1. The van der Waals surface area contributed by atoms with E-state index in [1.54, 1.807) is 0 Å². The van der Waals surface area contributed by atoms with Gasteiger partial charge in [0, 0.05) is 0 Å². The van der Waals surface area contributed by atoms with E-state index in [1.807, 2.05) is 0 Å². The molecule has 0 aliphatic heterocycles. The third-order valence-corrected chi connectivity index (χ3v) is 9.03. The minimum absolute atomic E-state index is 0. The summed E-state index contributed by atoms with van der Waals surface area (Å²) in [6.07, 6.45) is 28.0. The van der Waals surface area contributed by atoms with E-state index < -0.39 is 0 Å². The van der Waals surface area contributed by atoms with Crippen molar-refractivity contribution in [1.82, 2.24) is 0 Å². The largest absolute Gasteiger partial charge is 1.00 e. The van der Waals surface area contributed by atoms with Crippen LogP contribution in [0.25, 0.3) is 0 Å². The molecule has 46 heavy (non-hydrogen) atoms. The monoisotopic (exact) mass is 788 g/mol. The Bertz CT molecular complexity index is 523. The van der Waals surface area contributed by atoms with E-state index >= 15 is 0 Å². The molecule has 0 aromatic heterocycles. The second-order valence-corrected chi connectivity index (χ2v) is 14.6. The van der Waals surface area contributed by atoms with Crippen LogP contribution >= 0.6 is 0 Å². The first-order valence-electron chi connectivity index (χ1n) is 19.3. The molecule has 8 heteroatoms. The highest BCUT2D eigenvalue weighted by molar-refractivity contribution is 4.49. The highest BCUT2D eigenvalue weighted by Crippen LogP contribution is 2.13. The van der Waals surface area contributed by atoms with E-state index in [-0.39, 0.29) is 34.0 Å². The first-order valence-corrected chi connectivity index (χ1v) is 19.3. The average molecular weight is 791 g/mol. The fourth-order valence-corrected chi connectivity index (χ4v) is 5.66. The van der Waals surface area contributed by atoms with Crippen LogP contribution in [0.5, 0.6) is 0 Å². The van der Waals surface area contributed by atoms with Crippen molar-refractivity contribution in [2.75, 3.05) is 107 Å². The molecule has 0 aromatic rings. The Balaban J connectivity index is -0.00000924. The van der Waals surface area contributed by atoms with Crippen LogP contribution in [-0.2, 0) is 18.9 Å². The lowest BCUT2D eigenvalue weighted by Gasteiger charge is -2.29. The van der Waals surface area contributed by atoms with Crippen molar-refractivity contribution >= 4 is 0 Å². The van der Waals surface area contributed by atoms with Gasteiger partial charge >= 0.3 is 0 Å². The molecule has 0 aliphatic rings. The molecule has 6 nitrogen and oxygen atoms in total. The molecule has 0 saturated heterocycles. The third kappa shape index (κ3) is 40.9. The standard InChI is InChI=1S/C38H82N2O4.2BrH/c1-7-9-11-13-15-17-19-21-23-25-27-39(3,4)29-31-41-33-35-43-37-38-44-36-34-42-32-30-40(5,6)28-26-24-22-20-18-16-14-12-10-8-2;;/h7-38H2,1-6H3;2*1H/q+2;;/p-2. The minimum Gasteiger partial charge on any atom is -1.00 e. The molecule has 0 radical (unpaired) electrons. The molecule has 0 heterocycles. The Morgan fingerprint density at radius 3 is 0.761 bits per heavy atom.